The van der Waals surface area contributed by atoms with Crippen LogP contribution in [0.25, 0.3) is 0 Å². The highest BCUT2D eigenvalue weighted by Crippen LogP contribution is 2.13. The van der Waals surface area contributed by atoms with Crippen LogP contribution in [-0.4, -0.2) is 140 Å². The topological polar surface area (TPSA) is 369 Å². The number of nitrogens with two attached hydrogens (primary N) is 3. The monoisotopic (exact) mass is 1040 g/mol. The molecule has 0 spiro atoms. The van der Waals surface area contributed by atoms with Gasteiger partial charge < -0.3 is 70.4 Å². The van der Waals surface area contributed by atoms with Crippen LogP contribution in [0.3, 0.4) is 0 Å². The minimum Gasteiger partial charge on any atom is -0.357 e. The highest BCUT2D eigenvalue weighted by Gasteiger charge is 2.34. The molecule has 0 fully saturated rings. The fourth-order valence-electron chi connectivity index (χ4n) is 7.57. The van der Waals surface area contributed by atoms with E-state index in [9.17, 15) is 47.9 Å². The van der Waals surface area contributed by atoms with Crippen molar-refractivity contribution in [3.8, 4) is 0 Å². The minimum atomic E-state index is -1.22. The van der Waals surface area contributed by atoms with Crippen LogP contribution in [0.5, 0.6) is 0 Å². The zero-order chi connectivity index (χ0) is 56.0. The van der Waals surface area contributed by atoms with E-state index in [1.54, 1.807) is 6.92 Å². The molecule has 0 aliphatic heterocycles. The van der Waals surface area contributed by atoms with Gasteiger partial charge in [0, 0.05) is 13.0 Å². The lowest BCUT2D eigenvalue weighted by molar-refractivity contribution is -0.136. The smallest absolute Gasteiger partial charge is 0.243 e. The summed E-state index contributed by atoms with van der Waals surface area (Å²) in [5, 5.41) is 26.6. The van der Waals surface area contributed by atoms with Gasteiger partial charge >= 0.3 is 0 Å². The second-order valence-electron chi connectivity index (χ2n) is 20.5. The van der Waals surface area contributed by atoms with Crippen molar-refractivity contribution < 1.29 is 47.9 Å². The molecule has 0 unspecified atom stereocenters. The van der Waals surface area contributed by atoms with E-state index in [4.69, 9.17) is 17.2 Å². The molecule has 0 heterocycles. The van der Waals surface area contributed by atoms with Gasteiger partial charge in [0.1, 0.15) is 54.4 Å². The van der Waals surface area contributed by atoms with Gasteiger partial charge in [0.15, 0.2) is 0 Å². The molecule has 0 radical (unpaired) electrons. The average molecular weight is 1040 g/mol. The SMILES string of the molecule is CNC(=O)[C@H](C)NC(=O)[C@H](C)NC(=O)[C@H](CCCCN)NC(=O)[C@H](CC(C)C)NC(=O)[C@H](C)NC(=O)[C@H](CCCCN)NC(=O)[C@H](CC(C)C)NC(=O)[C@H](C)NC(=O)[C@H](CC(C)C)NC(=O)[C@@H](C)CCCCN. The van der Waals surface area contributed by atoms with Gasteiger partial charge in [-0.2, -0.15) is 0 Å². The Kier molecular flexibility index (Phi) is 33.8. The first-order valence-corrected chi connectivity index (χ1v) is 26.3. The van der Waals surface area contributed by atoms with E-state index in [-0.39, 0.29) is 55.3 Å². The molecule has 0 aliphatic carbocycles. The maximum atomic E-state index is 14.0. The van der Waals surface area contributed by atoms with Crippen LogP contribution in [0.1, 0.15) is 153 Å². The maximum absolute atomic E-state index is 14.0. The van der Waals surface area contributed by atoms with Crippen LogP contribution in [0.4, 0.5) is 0 Å². The molecule has 0 saturated heterocycles. The first-order chi connectivity index (χ1) is 34.2. The number of rotatable bonds is 37. The largest absolute Gasteiger partial charge is 0.357 e. The molecule has 10 amide bonds. The zero-order valence-electron chi connectivity index (χ0n) is 45.9. The molecule has 23 heteroatoms. The van der Waals surface area contributed by atoms with Gasteiger partial charge in [-0.15, -0.1) is 0 Å². The van der Waals surface area contributed by atoms with Gasteiger partial charge in [0.05, 0.1) is 0 Å². The summed E-state index contributed by atoms with van der Waals surface area (Å²) in [5.41, 5.74) is 17.0. The summed E-state index contributed by atoms with van der Waals surface area (Å²) in [5.74, 6) is -6.53. The van der Waals surface area contributed by atoms with Gasteiger partial charge in [0.25, 0.3) is 0 Å². The molecule has 420 valence electrons. The van der Waals surface area contributed by atoms with Crippen molar-refractivity contribution in [1.82, 2.24) is 53.2 Å². The van der Waals surface area contributed by atoms with E-state index < -0.39 is 108 Å². The lowest BCUT2D eigenvalue weighted by Gasteiger charge is -2.28. The van der Waals surface area contributed by atoms with Gasteiger partial charge in [-0.05, 0) is 136 Å². The highest BCUT2D eigenvalue weighted by atomic mass is 16.2. The minimum absolute atomic E-state index is 0.0383. The van der Waals surface area contributed by atoms with Crippen LogP contribution < -0.4 is 70.4 Å². The van der Waals surface area contributed by atoms with E-state index in [0.29, 0.717) is 58.2 Å². The lowest BCUT2D eigenvalue weighted by Crippen LogP contribution is -2.60. The maximum Gasteiger partial charge on any atom is 0.243 e. The van der Waals surface area contributed by atoms with Crippen molar-refractivity contribution in [3.05, 3.63) is 0 Å². The molecule has 16 N–H and O–H groups in total. The van der Waals surface area contributed by atoms with E-state index in [1.807, 2.05) is 41.5 Å². The third kappa shape index (κ3) is 28.0. The van der Waals surface area contributed by atoms with Crippen LogP contribution in [0.2, 0.25) is 0 Å². The summed E-state index contributed by atoms with van der Waals surface area (Å²) in [6.45, 7) is 19.9. The second kappa shape index (κ2) is 36.5. The van der Waals surface area contributed by atoms with Gasteiger partial charge in [0.2, 0.25) is 59.1 Å². The Labute approximate surface area is 434 Å². The fraction of sp³-hybridized carbons (Fsp3) is 0.800. The van der Waals surface area contributed by atoms with E-state index >= 15 is 0 Å². The molecule has 0 aliphatic rings. The predicted molar refractivity (Wildman–Crippen MR) is 280 cm³/mol. The quantitative estimate of drug-likeness (QED) is 0.0344. The van der Waals surface area contributed by atoms with Crippen molar-refractivity contribution in [3.63, 3.8) is 0 Å². The number of unbranched alkanes of at least 4 members (excludes halogenated alkanes) is 3. The molecule has 23 nitrogen and oxygen atoms in total. The third-order valence-electron chi connectivity index (χ3n) is 12.0. The van der Waals surface area contributed by atoms with Crippen LogP contribution in [0, 0.1) is 23.7 Å². The molecule has 0 saturated carbocycles. The van der Waals surface area contributed by atoms with Crippen LogP contribution in [0.15, 0.2) is 0 Å². The average Bonchev–Trinajstić information content (AvgIpc) is 3.31. The summed E-state index contributed by atoms with van der Waals surface area (Å²) >= 11 is 0. The van der Waals surface area contributed by atoms with Gasteiger partial charge in [-0.1, -0.05) is 54.9 Å². The summed E-state index contributed by atoms with van der Waals surface area (Å²) in [4.78, 5) is 134. The summed E-state index contributed by atoms with van der Waals surface area (Å²) in [7, 11) is 1.42. The number of carbonyl (C=O) groups is 10. The van der Waals surface area contributed by atoms with Crippen LogP contribution in [-0.2, 0) is 47.9 Å². The summed E-state index contributed by atoms with van der Waals surface area (Å²) in [6.07, 6.45) is 5.04. The Balaban J connectivity index is 6.18. The number of hydrogen-bond donors (Lipinski definition) is 13. The molecule has 0 rings (SSSR count). The Morgan fingerprint density at radius 3 is 0.863 bits per heavy atom. The zero-order valence-corrected chi connectivity index (χ0v) is 45.9. The third-order valence-corrected chi connectivity index (χ3v) is 12.0. The van der Waals surface area contributed by atoms with E-state index in [1.165, 1.54) is 34.7 Å². The number of carbonyl (C=O) groups excluding carboxylic acids is 10. The molecule has 0 bridgehead atoms. The summed E-state index contributed by atoms with van der Waals surface area (Å²) in [6, 6.07) is -9.75. The highest BCUT2D eigenvalue weighted by molar-refractivity contribution is 5.98. The fourth-order valence-corrected chi connectivity index (χ4v) is 7.57. The van der Waals surface area contributed by atoms with Crippen molar-refractivity contribution in [2.75, 3.05) is 26.7 Å². The van der Waals surface area contributed by atoms with Gasteiger partial charge in [-0.3, -0.25) is 47.9 Å². The first kappa shape index (κ1) is 67.6. The van der Waals surface area contributed by atoms with Crippen molar-refractivity contribution >= 4 is 59.1 Å². The van der Waals surface area contributed by atoms with Gasteiger partial charge in [-0.25, -0.2) is 0 Å². The normalized spacial score (nSPS) is 15.4. The number of nitrogens with one attached hydrogen (secondary N) is 10. The Bertz CT molecular complexity index is 1770. The molecule has 10 atom stereocenters. The van der Waals surface area contributed by atoms with Crippen molar-refractivity contribution in [1.29, 1.82) is 0 Å². The lowest BCUT2D eigenvalue weighted by atomic mass is 9.99. The molecule has 73 heavy (non-hydrogen) atoms. The second-order valence-corrected chi connectivity index (χ2v) is 20.5. The molecule has 0 aromatic rings. The van der Waals surface area contributed by atoms with Crippen molar-refractivity contribution in [2.45, 2.75) is 208 Å². The van der Waals surface area contributed by atoms with E-state index in [2.05, 4.69) is 53.2 Å². The molecular formula is C50H95N13O10. The standard InChI is InChI=1S/C50H95N13O10/c1-28(2)25-38(61-41(64)31(7)19-13-16-22-51)48(71)58-35(11)45(68)63-40(27-30(5)6)50(73)60-37(21-15-18-24-53)47(70)57-34(10)44(67)62-39(26-29(3)4)49(72)59-36(20-14-17-23-52)46(69)56-33(9)43(66)55-32(8)42(65)54-12/h28-40H,13-27,51-53H2,1-12H3,(H,54,65)(H,55,66)(H,56,69)(H,57,70)(H,58,71)(H,59,72)(H,60,73)(H,61,64)(H,62,67)(H,63,68)/t31-,32-,33-,34-,35-,36-,37-,38-,39-,40-/m0/s1. The molecule has 0 aromatic carbocycles. The molecular weight excluding hydrogens is 943 g/mol. The summed E-state index contributed by atoms with van der Waals surface area (Å²) < 4.78 is 0. The number of likely N-dealkylation sites (N-methyl/N-ethyl adjacent to an activating group) is 1. The number of amides is 10. The number of hydrogen-bond acceptors (Lipinski definition) is 13. The Hall–Kier alpha value is -5.42. The van der Waals surface area contributed by atoms with Crippen LogP contribution >= 0.6 is 0 Å². The first-order valence-electron chi connectivity index (χ1n) is 26.3. The van der Waals surface area contributed by atoms with E-state index in [0.717, 1.165) is 12.8 Å². The Morgan fingerprint density at radius 2 is 0.548 bits per heavy atom. The molecule has 0 aromatic heterocycles. The predicted octanol–water partition coefficient (Wildman–Crippen LogP) is -0.663. The van der Waals surface area contributed by atoms with Crippen molar-refractivity contribution in [2.24, 2.45) is 40.9 Å². The Morgan fingerprint density at radius 1 is 0.301 bits per heavy atom.